The standard InChI is InChI=1S/C18H13N3O5/c1-10(22)19-8-7-11-9-12(5-6-14(11)19)20-17(23)13-3-2-4-15(21(25)26)16(13)18(20)24/h2-6,9H,7-8H2,1H3. The molecule has 0 unspecified atom stereocenters. The summed E-state index contributed by atoms with van der Waals surface area (Å²) in [6.07, 6.45) is 0.617. The van der Waals surface area contributed by atoms with Crippen LogP contribution in [0.25, 0.3) is 0 Å². The van der Waals surface area contributed by atoms with Gasteiger partial charge in [-0.25, -0.2) is 4.90 Å². The average molecular weight is 351 g/mol. The Morgan fingerprint density at radius 2 is 1.92 bits per heavy atom. The zero-order valence-corrected chi connectivity index (χ0v) is 13.8. The molecular formula is C18H13N3O5. The predicted octanol–water partition coefficient (Wildman–Crippen LogP) is 2.30. The van der Waals surface area contributed by atoms with Crippen molar-refractivity contribution in [2.24, 2.45) is 0 Å². The molecule has 2 aliphatic rings. The van der Waals surface area contributed by atoms with Crippen LogP contribution in [0.15, 0.2) is 36.4 Å². The minimum Gasteiger partial charge on any atom is -0.312 e. The number of hydrogen-bond acceptors (Lipinski definition) is 5. The smallest absolute Gasteiger partial charge is 0.283 e. The molecule has 2 aliphatic heterocycles. The number of nitro benzene ring substituents is 1. The average Bonchev–Trinajstić information content (AvgIpc) is 3.14. The molecule has 2 heterocycles. The first-order chi connectivity index (χ1) is 12.4. The van der Waals surface area contributed by atoms with Crippen molar-refractivity contribution in [2.45, 2.75) is 13.3 Å². The van der Waals surface area contributed by atoms with E-state index in [1.165, 1.54) is 25.1 Å². The van der Waals surface area contributed by atoms with Crippen LogP contribution in [0.5, 0.6) is 0 Å². The zero-order valence-electron chi connectivity index (χ0n) is 13.8. The fraction of sp³-hybridized carbons (Fsp3) is 0.167. The Labute approximate surface area is 147 Å². The summed E-state index contributed by atoms with van der Waals surface area (Å²) in [5.74, 6) is -1.37. The topological polar surface area (TPSA) is 101 Å². The Hall–Kier alpha value is -3.55. The van der Waals surface area contributed by atoms with Crippen LogP contribution >= 0.6 is 0 Å². The highest BCUT2D eigenvalue weighted by atomic mass is 16.6. The van der Waals surface area contributed by atoms with E-state index in [2.05, 4.69) is 0 Å². The second-order valence-electron chi connectivity index (χ2n) is 6.14. The van der Waals surface area contributed by atoms with Gasteiger partial charge < -0.3 is 4.90 Å². The summed E-state index contributed by atoms with van der Waals surface area (Å²) in [6, 6.07) is 8.96. The Kier molecular flexibility index (Phi) is 3.36. The van der Waals surface area contributed by atoms with Crippen molar-refractivity contribution in [3.63, 3.8) is 0 Å². The van der Waals surface area contributed by atoms with Crippen molar-refractivity contribution >= 4 is 34.8 Å². The van der Waals surface area contributed by atoms with E-state index in [0.717, 1.165) is 16.2 Å². The van der Waals surface area contributed by atoms with E-state index in [0.29, 0.717) is 18.7 Å². The lowest BCUT2D eigenvalue weighted by molar-refractivity contribution is -0.385. The number of fused-ring (bicyclic) bond motifs is 2. The van der Waals surface area contributed by atoms with E-state index in [1.54, 1.807) is 23.1 Å². The molecule has 0 fully saturated rings. The molecule has 26 heavy (non-hydrogen) atoms. The summed E-state index contributed by atoms with van der Waals surface area (Å²) < 4.78 is 0. The van der Waals surface area contributed by atoms with E-state index in [1.807, 2.05) is 0 Å². The SMILES string of the molecule is CC(=O)N1CCc2cc(N3C(=O)c4cccc([N+](=O)[O-])c4C3=O)ccc21. The monoisotopic (exact) mass is 351 g/mol. The van der Waals surface area contributed by atoms with Gasteiger partial charge in [-0.15, -0.1) is 0 Å². The lowest BCUT2D eigenvalue weighted by Gasteiger charge is -2.17. The fourth-order valence-electron chi connectivity index (χ4n) is 3.51. The number of hydrogen-bond donors (Lipinski definition) is 0. The molecule has 0 saturated heterocycles. The minimum atomic E-state index is -0.710. The Balaban J connectivity index is 1.78. The van der Waals surface area contributed by atoms with Crippen LogP contribution in [0.4, 0.5) is 17.1 Å². The van der Waals surface area contributed by atoms with Gasteiger partial charge in [0.2, 0.25) is 5.91 Å². The number of amides is 3. The molecule has 130 valence electrons. The third-order valence-corrected chi connectivity index (χ3v) is 4.69. The van der Waals surface area contributed by atoms with E-state index < -0.39 is 16.7 Å². The van der Waals surface area contributed by atoms with Crippen molar-refractivity contribution in [3.05, 3.63) is 63.2 Å². The van der Waals surface area contributed by atoms with Gasteiger partial charge in [0.05, 0.1) is 16.2 Å². The van der Waals surface area contributed by atoms with E-state index in [9.17, 15) is 24.5 Å². The summed E-state index contributed by atoms with van der Waals surface area (Å²) in [5.41, 5.74) is 1.40. The Morgan fingerprint density at radius 3 is 2.62 bits per heavy atom. The van der Waals surface area contributed by atoms with Crippen LogP contribution in [0, 0.1) is 10.1 Å². The highest BCUT2D eigenvalue weighted by Crippen LogP contribution is 2.37. The molecule has 0 N–H and O–H groups in total. The first kappa shape index (κ1) is 15.9. The molecule has 4 rings (SSSR count). The molecule has 0 aliphatic carbocycles. The molecule has 0 saturated carbocycles. The summed E-state index contributed by atoms with van der Waals surface area (Å²) in [6.45, 7) is 2.02. The Morgan fingerprint density at radius 1 is 1.15 bits per heavy atom. The molecule has 8 heteroatoms. The van der Waals surface area contributed by atoms with Crippen LogP contribution in [-0.2, 0) is 11.2 Å². The first-order valence-corrected chi connectivity index (χ1v) is 7.97. The molecule has 0 aromatic heterocycles. The van der Waals surface area contributed by atoms with Crippen LogP contribution in [0.2, 0.25) is 0 Å². The molecule has 0 spiro atoms. The van der Waals surface area contributed by atoms with Crippen molar-refractivity contribution in [3.8, 4) is 0 Å². The molecule has 8 nitrogen and oxygen atoms in total. The maximum Gasteiger partial charge on any atom is 0.283 e. The highest BCUT2D eigenvalue weighted by Gasteiger charge is 2.42. The summed E-state index contributed by atoms with van der Waals surface area (Å²) in [4.78, 5) is 50.2. The molecule has 3 amide bonds. The van der Waals surface area contributed by atoms with Crippen molar-refractivity contribution in [2.75, 3.05) is 16.3 Å². The predicted molar refractivity (Wildman–Crippen MR) is 92.4 cm³/mol. The van der Waals surface area contributed by atoms with Gasteiger partial charge in [0.25, 0.3) is 17.5 Å². The second-order valence-corrected chi connectivity index (χ2v) is 6.14. The molecular weight excluding hydrogens is 338 g/mol. The first-order valence-electron chi connectivity index (χ1n) is 7.97. The second kappa shape index (κ2) is 5.48. The number of benzene rings is 2. The van der Waals surface area contributed by atoms with Gasteiger partial charge in [0.15, 0.2) is 0 Å². The summed E-state index contributed by atoms with van der Waals surface area (Å²) in [5, 5.41) is 11.2. The largest absolute Gasteiger partial charge is 0.312 e. The lowest BCUT2D eigenvalue weighted by atomic mass is 10.1. The quantitative estimate of drug-likeness (QED) is 0.469. The zero-order chi connectivity index (χ0) is 18.6. The number of anilines is 2. The molecule has 0 atom stereocenters. The van der Waals surface area contributed by atoms with Gasteiger partial charge >= 0.3 is 0 Å². The number of rotatable bonds is 2. The molecule has 2 aromatic rings. The number of carbonyl (C=O) groups is 3. The van der Waals surface area contributed by atoms with Gasteiger partial charge in [-0.05, 0) is 36.2 Å². The van der Waals surface area contributed by atoms with E-state index in [4.69, 9.17) is 0 Å². The van der Waals surface area contributed by atoms with Gasteiger partial charge in [0, 0.05) is 25.2 Å². The van der Waals surface area contributed by atoms with Crippen LogP contribution in [0.3, 0.4) is 0 Å². The Bertz CT molecular complexity index is 1010. The van der Waals surface area contributed by atoms with Gasteiger partial charge in [-0.1, -0.05) is 6.07 Å². The summed E-state index contributed by atoms with van der Waals surface area (Å²) in [7, 11) is 0. The molecule has 0 bridgehead atoms. The highest BCUT2D eigenvalue weighted by molar-refractivity contribution is 6.35. The van der Waals surface area contributed by atoms with Gasteiger partial charge in [0.1, 0.15) is 5.56 Å². The molecule has 0 radical (unpaired) electrons. The van der Waals surface area contributed by atoms with E-state index >= 15 is 0 Å². The van der Waals surface area contributed by atoms with Crippen LogP contribution < -0.4 is 9.80 Å². The maximum atomic E-state index is 12.7. The third kappa shape index (κ3) is 2.12. The minimum absolute atomic E-state index is 0.0232. The normalized spacial score (nSPS) is 15.3. The number of nitro groups is 1. The van der Waals surface area contributed by atoms with E-state index in [-0.39, 0.29) is 22.7 Å². The van der Waals surface area contributed by atoms with Gasteiger partial charge in [-0.2, -0.15) is 0 Å². The van der Waals surface area contributed by atoms with Crippen molar-refractivity contribution in [1.29, 1.82) is 0 Å². The lowest BCUT2D eigenvalue weighted by Crippen LogP contribution is -2.29. The number of carbonyl (C=O) groups excluding carboxylic acids is 3. The summed E-state index contributed by atoms with van der Waals surface area (Å²) >= 11 is 0. The number of imide groups is 1. The number of nitrogens with zero attached hydrogens (tertiary/aromatic N) is 3. The van der Waals surface area contributed by atoms with Crippen LogP contribution in [0.1, 0.15) is 33.2 Å². The van der Waals surface area contributed by atoms with Crippen LogP contribution in [-0.4, -0.2) is 29.2 Å². The maximum absolute atomic E-state index is 12.7. The van der Waals surface area contributed by atoms with Crippen molar-refractivity contribution in [1.82, 2.24) is 0 Å². The van der Waals surface area contributed by atoms with Crippen molar-refractivity contribution < 1.29 is 19.3 Å². The van der Waals surface area contributed by atoms with Gasteiger partial charge in [-0.3, -0.25) is 24.5 Å². The molecule has 2 aromatic carbocycles. The fourth-order valence-corrected chi connectivity index (χ4v) is 3.51. The third-order valence-electron chi connectivity index (χ3n) is 4.69.